The molecule has 0 radical (unpaired) electrons. The Morgan fingerprint density at radius 2 is 0.581 bits per heavy atom. The molecule has 31 heavy (non-hydrogen) atoms. The van der Waals surface area contributed by atoms with E-state index in [1.54, 1.807) is 0 Å². The van der Waals surface area contributed by atoms with Gasteiger partial charge in [0.1, 0.15) is 0 Å². The monoisotopic (exact) mass is 510 g/mol. The largest absolute Gasteiger partial charge is 0.248 e. The van der Waals surface area contributed by atoms with Crippen molar-refractivity contribution < 1.29 is 0 Å². The summed E-state index contributed by atoms with van der Waals surface area (Å²) in [5, 5.41) is 0. The Hall–Kier alpha value is 1.15. The van der Waals surface area contributed by atoms with E-state index in [1.165, 1.54) is 154 Å². The van der Waals surface area contributed by atoms with Crippen LogP contribution in [0.25, 0.3) is 0 Å². The van der Waals surface area contributed by atoms with Gasteiger partial charge in [-0.1, -0.05) is 148 Å². The summed E-state index contributed by atoms with van der Waals surface area (Å²) in [4.78, 5) is 0. The summed E-state index contributed by atoms with van der Waals surface area (Å²) in [6.45, 7) is 0.202. The number of halogens is 2. The fourth-order valence-electron chi connectivity index (χ4n) is 4.44. The zero-order valence-electron chi connectivity index (χ0n) is 21.1. The Bertz CT molecular complexity index is 334. The van der Waals surface area contributed by atoms with Gasteiger partial charge in [-0.25, -0.2) is 0 Å². The van der Waals surface area contributed by atoms with E-state index in [0.29, 0.717) is 0 Å². The summed E-state index contributed by atoms with van der Waals surface area (Å²) >= 11 is 16.6. The lowest BCUT2D eigenvalue weighted by atomic mass is 10.0. The van der Waals surface area contributed by atoms with Crippen LogP contribution in [0.15, 0.2) is 0 Å². The van der Waals surface area contributed by atoms with Gasteiger partial charge in [0.25, 0.3) is 0 Å². The summed E-state index contributed by atoms with van der Waals surface area (Å²) in [6.07, 6.45) is 34.3. The van der Waals surface area contributed by atoms with E-state index in [1.807, 2.05) is 6.55 Å². The van der Waals surface area contributed by atoms with Gasteiger partial charge in [-0.15, -0.1) is 22.2 Å². The lowest BCUT2D eigenvalue weighted by Gasteiger charge is -2.09. The van der Waals surface area contributed by atoms with Crippen LogP contribution in [0.4, 0.5) is 0 Å². The third-order valence-electron chi connectivity index (χ3n) is 6.52. The number of rotatable bonds is 26. The molecule has 0 heterocycles. The molecule has 0 spiro atoms. The number of hydrogen-bond acceptors (Lipinski definition) is 1. The van der Waals surface area contributed by atoms with Crippen LogP contribution in [0.2, 0.25) is 12.6 Å². The summed E-state index contributed by atoms with van der Waals surface area (Å²) in [6, 6.07) is 1.06. The minimum absolute atomic E-state index is 1.06. The lowest BCUT2D eigenvalue weighted by Crippen LogP contribution is -2.11. The Morgan fingerprint density at radius 1 is 0.387 bits per heavy atom. The first-order valence-corrected chi connectivity index (χ1v) is 19.4. The zero-order valence-corrected chi connectivity index (χ0v) is 24.5. The first-order chi connectivity index (χ1) is 15.1. The van der Waals surface area contributed by atoms with Crippen LogP contribution < -0.4 is 0 Å². The van der Waals surface area contributed by atoms with E-state index in [2.05, 4.69) is 12.6 Å². The molecular weight excluding hydrogens is 455 g/mol. The van der Waals surface area contributed by atoms with E-state index in [4.69, 9.17) is 22.2 Å². The smallest absolute Gasteiger partial charge is 0.179 e. The predicted molar refractivity (Wildman–Crippen MR) is 153 cm³/mol. The minimum Gasteiger partial charge on any atom is -0.179 e. The molecule has 0 atom stereocenters. The topological polar surface area (TPSA) is 0 Å². The minimum atomic E-state index is -1.83. The van der Waals surface area contributed by atoms with Gasteiger partial charge in [-0.3, -0.25) is 0 Å². The maximum absolute atomic E-state index is 6.14. The summed E-state index contributed by atoms with van der Waals surface area (Å²) in [7, 11) is 0. The molecule has 0 aromatic heterocycles. The Kier molecular flexibility index (Phi) is 26.7. The molecule has 0 unspecified atom stereocenters. The van der Waals surface area contributed by atoms with E-state index < -0.39 is 6.69 Å². The molecule has 0 N–H and O–H groups in total. The second-order valence-corrected chi connectivity index (χ2v) is 18.7. The van der Waals surface area contributed by atoms with Gasteiger partial charge in [-0.05, 0) is 24.8 Å². The maximum Gasteiger partial charge on any atom is 0.248 e. The van der Waals surface area contributed by atoms with Crippen molar-refractivity contribution in [1.82, 2.24) is 0 Å². The van der Waals surface area contributed by atoms with Crippen LogP contribution >= 0.6 is 34.8 Å². The van der Waals surface area contributed by atoms with Crippen molar-refractivity contribution in [2.45, 2.75) is 167 Å². The van der Waals surface area contributed by atoms with Gasteiger partial charge in [0.05, 0.1) is 0 Å². The molecule has 4 heteroatoms. The lowest BCUT2D eigenvalue weighted by molar-refractivity contribution is 0.518. The standard InChI is InChI=1S/C27H56Cl2SSi/c1-31(28,29)27-25-23-21-19-17-15-13-11-9-7-5-3-2-4-6-8-10-12-14-16-18-20-22-24-26-30/h30H,2-27H2,1H3. The second-order valence-electron chi connectivity index (χ2n) is 10.0. The van der Waals surface area contributed by atoms with Crippen LogP contribution in [0.3, 0.4) is 0 Å². The fourth-order valence-corrected chi connectivity index (χ4v) is 6.33. The molecule has 0 nitrogen and oxygen atoms in total. The molecule has 0 aromatic rings. The van der Waals surface area contributed by atoms with Gasteiger partial charge < -0.3 is 0 Å². The first-order valence-electron chi connectivity index (χ1n) is 14.0. The predicted octanol–water partition coefficient (Wildman–Crippen LogP) is 11.8. The molecule has 0 saturated carbocycles. The third kappa shape index (κ3) is 31.1. The molecule has 0 amide bonds. The van der Waals surface area contributed by atoms with Gasteiger partial charge in [-0.2, -0.15) is 12.6 Å². The van der Waals surface area contributed by atoms with Crippen molar-refractivity contribution in [3.63, 3.8) is 0 Å². The summed E-state index contributed by atoms with van der Waals surface area (Å²) < 4.78 is 0. The van der Waals surface area contributed by atoms with E-state index in [0.717, 1.165) is 11.8 Å². The molecule has 0 fully saturated rings. The van der Waals surface area contributed by atoms with Crippen molar-refractivity contribution in [3.05, 3.63) is 0 Å². The fraction of sp³-hybridized carbons (Fsp3) is 1.00. The Balaban J connectivity index is 3.02. The van der Waals surface area contributed by atoms with Gasteiger partial charge in [0.2, 0.25) is 6.69 Å². The Labute approximate surface area is 213 Å². The van der Waals surface area contributed by atoms with Crippen molar-refractivity contribution in [2.24, 2.45) is 0 Å². The number of hydrogen-bond donors (Lipinski definition) is 1. The van der Waals surface area contributed by atoms with Gasteiger partial charge in [0, 0.05) is 0 Å². The number of unbranched alkanes of at least 4 members (excludes halogenated alkanes) is 23. The molecular formula is C27H56Cl2SSi. The van der Waals surface area contributed by atoms with Gasteiger partial charge >= 0.3 is 0 Å². The maximum atomic E-state index is 6.14. The van der Waals surface area contributed by atoms with Crippen molar-refractivity contribution in [2.75, 3.05) is 5.75 Å². The van der Waals surface area contributed by atoms with Crippen LogP contribution in [0, 0.1) is 0 Å². The zero-order chi connectivity index (χ0) is 22.9. The average molecular weight is 512 g/mol. The summed E-state index contributed by atoms with van der Waals surface area (Å²) in [5.41, 5.74) is 0. The molecule has 0 bridgehead atoms. The Morgan fingerprint density at radius 3 is 0.774 bits per heavy atom. The highest BCUT2D eigenvalue weighted by molar-refractivity contribution is 7.80. The van der Waals surface area contributed by atoms with Crippen molar-refractivity contribution in [3.8, 4) is 0 Å². The molecule has 0 saturated heterocycles. The quantitative estimate of drug-likeness (QED) is 0.0507. The highest BCUT2D eigenvalue weighted by atomic mass is 35.7. The second kappa shape index (κ2) is 25.8. The molecule has 0 aromatic carbocycles. The van der Waals surface area contributed by atoms with E-state index in [9.17, 15) is 0 Å². The highest BCUT2D eigenvalue weighted by Gasteiger charge is 2.19. The highest BCUT2D eigenvalue weighted by Crippen LogP contribution is 2.23. The average Bonchev–Trinajstić information content (AvgIpc) is 2.73. The molecule has 0 aliphatic carbocycles. The van der Waals surface area contributed by atoms with Crippen molar-refractivity contribution >= 4 is 41.5 Å². The van der Waals surface area contributed by atoms with E-state index >= 15 is 0 Å². The van der Waals surface area contributed by atoms with Crippen LogP contribution in [0.1, 0.15) is 154 Å². The third-order valence-corrected chi connectivity index (χ3v) is 9.21. The molecule has 0 aliphatic rings. The van der Waals surface area contributed by atoms with Crippen LogP contribution in [-0.2, 0) is 0 Å². The summed E-state index contributed by atoms with van der Waals surface area (Å²) in [5.74, 6) is 1.06. The normalized spacial score (nSPS) is 12.0. The molecule has 0 aliphatic heterocycles. The SMILES string of the molecule is C[Si](Cl)(Cl)CCCCCCCCCCCCCCCCCCCCCCCCCCS. The molecule has 188 valence electrons. The molecule has 0 rings (SSSR count). The van der Waals surface area contributed by atoms with E-state index in [-0.39, 0.29) is 0 Å². The van der Waals surface area contributed by atoms with Crippen LogP contribution in [-0.4, -0.2) is 12.4 Å². The van der Waals surface area contributed by atoms with Crippen LogP contribution in [0.5, 0.6) is 0 Å². The first kappa shape index (κ1) is 32.1. The van der Waals surface area contributed by atoms with Crippen molar-refractivity contribution in [1.29, 1.82) is 0 Å². The number of thiol groups is 1. The van der Waals surface area contributed by atoms with Gasteiger partial charge in [0.15, 0.2) is 0 Å².